The molecule has 0 unspecified atom stereocenters. The van der Waals surface area contributed by atoms with Gasteiger partial charge in [0.15, 0.2) is 0 Å². The van der Waals surface area contributed by atoms with Crippen LogP contribution in [0.3, 0.4) is 0 Å². The van der Waals surface area contributed by atoms with E-state index in [1.807, 2.05) is 26.0 Å². The van der Waals surface area contributed by atoms with E-state index >= 15 is 0 Å². The third-order valence-corrected chi connectivity index (χ3v) is 2.53. The van der Waals surface area contributed by atoms with Crippen molar-refractivity contribution in [2.45, 2.75) is 20.8 Å². The van der Waals surface area contributed by atoms with Gasteiger partial charge in [-0.3, -0.25) is 4.79 Å². The molecule has 1 aromatic carbocycles. The van der Waals surface area contributed by atoms with Crippen molar-refractivity contribution in [3.63, 3.8) is 0 Å². The molecule has 0 aliphatic rings. The van der Waals surface area contributed by atoms with Crippen LogP contribution in [0.2, 0.25) is 0 Å². The predicted octanol–water partition coefficient (Wildman–Crippen LogP) is 1.97. The lowest BCUT2D eigenvalue weighted by Gasteiger charge is -2.09. The maximum atomic E-state index is 11.4. The van der Waals surface area contributed by atoms with E-state index in [0.717, 1.165) is 11.1 Å². The second-order valence-corrected chi connectivity index (χ2v) is 3.26. The zero-order chi connectivity index (χ0) is 10.0. The lowest BCUT2D eigenvalue weighted by atomic mass is 9.98. The molecule has 0 atom stereocenters. The first-order chi connectivity index (χ1) is 6.07. The van der Waals surface area contributed by atoms with Gasteiger partial charge in [-0.15, -0.1) is 0 Å². The van der Waals surface area contributed by atoms with Gasteiger partial charge in [-0.05, 0) is 43.5 Å². The molecule has 1 N–H and O–H groups in total. The minimum Gasteiger partial charge on any atom is -0.355 e. The zero-order valence-corrected chi connectivity index (χ0v) is 8.56. The summed E-state index contributed by atoms with van der Waals surface area (Å²) in [6.45, 7) is 6.07. The number of carbonyl (C=O) groups is 1. The van der Waals surface area contributed by atoms with E-state index in [0.29, 0.717) is 0 Å². The average molecular weight is 177 g/mol. The highest BCUT2D eigenvalue weighted by Gasteiger charge is 2.09. The smallest absolute Gasteiger partial charge is 0.251 e. The Morgan fingerprint density at radius 1 is 1.15 bits per heavy atom. The van der Waals surface area contributed by atoms with Gasteiger partial charge in [0.05, 0.1) is 0 Å². The van der Waals surface area contributed by atoms with Crippen molar-refractivity contribution in [2.75, 3.05) is 7.05 Å². The summed E-state index contributed by atoms with van der Waals surface area (Å²) in [6.07, 6.45) is 0. The molecule has 0 saturated carbocycles. The predicted molar refractivity (Wildman–Crippen MR) is 54.0 cm³/mol. The fourth-order valence-corrected chi connectivity index (χ4v) is 1.34. The van der Waals surface area contributed by atoms with Crippen LogP contribution in [0.15, 0.2) is 12.1 Å². The molecular formula is C11H15NO. The van der Waals surface area contributed by atoms with Crippen molar-refractivity contribution >= 4 is 5.91 Å². The van der Waals surface area contributed by atoms with E-state index in [2.05, 4.69) is 12.2 Å². The monoisotopic (exact) mass is 177 g/mol. The first-order valence-corrected chi connectivity index (χ1v) is 4.36. The fraction of sp³-hybridized carbons (Fsp3) is 0.364. The van der Waals surface area contributed by atoms with Crippen molar-refractivity contribution in [1.82, 2.24) is 5.32 Å². The van der Waals surface area contributed by atoms with Crippen LogP contribution in [0.5, 0.6) is 0 Å². The summed E-state index contributed by atoms with van der Waals surface area (Å²) in [6, 6.07) is 3.85. The number of hydrogen-bond donors (Lipinski definition) is 1. The quantitative estimate of drug-likeness (QED) is 0.698. The number of nitrogens with one attached hydrogen (secondary N) is 1. The van der Waals surface area contributed by atoms with E-state index in [1.165, 1.54) is 11.1 Å². The second kappa shape index (κ2) is 3.60. The highest BCUT2D eigenvalue weighted by molar-refractivity contribution is 5.95. The SMILES string of the molecule is CNC(=O)c1ccc(C)c(C)c1C. The Bertz CT molecular complexity index is 342. The van der Waals surface area contributed by atoms with Gasteiger partial charge >= 0.3 is 0 Å². The van der Waals surface area contributed by atoms with Crippen molar-refractivity contribution in [3.8, 4) is 0 Å². The Morgan fingerprint density at radius 2 is 1.77 bits per heavy atom. The van der Waals surface area contributed by atoms with E-state index in [4.69, 9.17) is 0 Å². The molecule has 1 amide bonds. The van der Waals surface area contributed by atoms with E-state index in [-0.39, 0.29) is 5.91 Å². The Morgan fingerprint density at radius 3 is 2.31 bits per heavy atom. The second-order valence-electron chi connectivity index (χ2n) is 3.26. The molecule has 0 radical (unpaired) electrons. The van der Waals surface area contributed by atoms with E-state index in [9.17, 15) is 4.79 Å². The molecule has 0 aromatic heterocycles. The fourth-order valence-electron chi connectivity index (χ4n) is 1.34. The van der Waals surface area contributed by atoms with Crippen LogP contribution >= 0.6 is 0 Å². The van der Waals surface area contributed by atoms with Gasteiger partial charge in [0.1, 0.15) is 0 Å². The Balaban J connectivity index is 3.26. The Labute approximate surface area is 79.0 Å². The van der Waals surface area contributed by atoms with Gasteiger partial charge in [-0.25, -0.2) is 0 Å². The maximum absolute atomic E-state index is 11.4. The van der Waals surface area contributed by atoms with Gasteiger partial charge in [0.25, 0.3) is 5.91 Å². The molecule has 0 saturated heterocycles. The Hall–Kier alpha value is -1.31. The van der Waals surface area contributed by atoms with Crippen LogP contribution in [0.4, 0.5) is 0 Å². The van der Waals surface area contributed by atoms with Crippen molar-refractivity contribution in [2.24, 2.45) is 0 Å². The lowest BCUT2D eigenvalue weighted by molar-refractivity contribution is 0.0962. The molecule has 2 heteroatoms. The highest BCUT2D eigenvalue weighted by Crippen LogP contribution is 2.16. The van der Waals surface area contributed by atoms with Crippen LogP contribution in [0.1, 0.15) is 27.0 Å². The molecule has 0 aliphatic heterocycles. The van der Waals surface area contributed by atoms with Gasteiger partial charge in [-0.1, -0.05) is 6.07 Å². The highest BCUT2D eigenvalue weighted by atomic mass is 16.1. The molecule has 70 valence electrons. The topological polar surface area (TPSA) is 29.1 Å². The summed E-state index contributed by atoms with van der Waals surface area (Å²) in [5.74, 6) is -0.0133. The first-order valence-electron chi connectivity index (χ1n) is 4.36. The first kappa shape index (κ1) is 9.78. The third-order valence-electron chi connectivity index (χ3n) is 2.53. The summed E-state index contributed by atoms with van der Waals surface area (Å²) < 4.78 is 0. The zero-order valence-electron chi connectivity index (χ0n) is 8.56. The summed E-state index contributed by atoms with van der Waals surface area (Å²) in [5, 5.41) is 2.63. The molecule has 13 heavy (non-hydrogen) atoms. The third kappa shape index (κ3) is 1.72. The van der Waals surface area contributed by atoms with Gasteiger partial charge in [-0.2, -0.15) is 0 Å². The molecule has 1 rings (SSSR count). The number of amides is 1. The summed E-state index contributed by atoms with van der Waals surface area (Å²) >= 11 is 0. The molecule has 2 nitrogen and oxygen atoms in total. The van der Waals surface area contributed by atoms with Gasteiger partial charge in [0.2, 0.25) is 0 Å². The molecule has 1 aromatic rings. The number of rotatable bonds is 1. The number of benzene rings is 1. The molecule has 0 spiro atoms. The van der Waals surface area contributed by atoms with E-state index in [1.54, 1.807) is 7.05 Å². The summed E-state index contributed by atoms with van der Waals surface area (Å²) in [4.78, 5) is 11.4. The Kier molecular flexibility index (Phi) is 2.71. The molecular weight excluding hydrogens is 162 g/mol. The average Bonchev–Trinajstić information content (AvgIpc) is 2.13. The minimum atomic E-state index is -0.0133. The van der Waals surface area contributed by atoms with Crippen LogP contribution < -0.4 is 5.32 Å². The van der Waals surface area contributed by atoms with Crippen LogP contribution in [0.25, 0.3) is 0 Å². The number of aryl methyl sites for hydroxylation is 1. The van der Waals surface area contributed by atoms with E-state index < -0.39 is 0 Å². The largest absolute Gasteiger partial charge is 0.355 e. The van der Waals surface area contributed by atoms with Gasteiger partial charge < -0.3 is 5.32 Å². The van der Waals surface area contributed by atoms with Crippen LogP contribution in [-0.2, 0) is 0 Å². The van der Waals surface area contributed by atoms with Crippen molar-refractivity contribution in [1.29, 1.82) is 0 Å². The summed E-state index contributed by atoms with van der Waals surface area (Å²) in [7, 11) is 1.65. The summed E-state index contributed by atoms with van der Waals surface area (Å²) in [5.41, 5.74) is 4.26. The lowest BCUT2D eigenvalue weighted by Crippen LogP contribution is -2.19. The molecule has 0 fully saturated rings. The normalized spacial score (nSPS) is 9.85. The molecule has 0 heterocycles. The van der Waals surface area contributed by atoms with Crippen molar-refractivity contribution in [3.05, 3.63) is 34.4 Å². The van der Waals surface area contributed by atoms with Crippen LogP contribution in [-0.4, -0.2) is 13.0 Å². The maximum Gasteiger partial charge on any atom is 0.251 e. The minimum absolute atomic E-state index is 0.0133. The molecule has 0 bridgehead atoms. The number of hydrogen-bond acceptors (Lipinski definition) is 1. The number of carbonyl (C=O) groups excluding carboxylic acids is 1. The van der Waals surface area contributed by atoms with Crippen molar-refractivity contribution < 1.29 is 4.79 Å². The standard InChI is InChI=1S/C11H15NO/c1-7-5-6-10(11(13)12-4)9(3)8(7)2/h5-6H,1-4H3,(H,12,13). The molecule has 0 aliphatic carbocycles. The van der Waals surface area contributed by atoms with Crippen LogP contribution in [0, 0.1) is 20.8 Å². The van der Waals surface area contributed by atoms with Gasteiger partial charge in [0, 0.05) is 12.6 Å².